The summed E-state index contributed by atoms with van der Waals surface area (Å²) in [5, 5.41) is 0.725. The first kappa shape index (κ1) is 15.8. The van der Waals surface area contributed by atoms with Crippen LogP contribution in [0.2, 0.25) is 0 Å². The molecule has 0 aliphatic rings. The molecule has 0 N–H and O–H groups in total. The quantitative estimate of drug-likeness (QED) is 0.653. The van der Waals surface area contributed by atoms with Crippen molar-refractivity contribution in [1.29, 1.82) is 0 Å². The van der Waals surface area contributed by atoms with Gasteiger partial charge in [-0.3, -0.25) is 4.79 Å². The zero-order valence-electron chi connectivity index (χ0n) is 13.3. The van der Waals surface area contributed by atoms with E-state index in [1.807, 2.05) is 36.4 Å². The number of carbonyl (C=O) groups excluding carboxylic acids is 2. The number of nitrogens with zero attached hydrogens (tertiary/aromatic N) is 1. The van der Waals surface area contributed by atoms with E-state index in [-0.39, 0.29) is 24.8 Å². The number of carbonyl (C=O) groups is 2. The van der Waals surface area contributed by atoms with E-state index in [0.717, 1.165) is 5.39 Å². The topological polar surface area (TPSA) is 57.5 Å². The van der Waals surface area contributed by atoms with Crippen LogP contribution < -0.4 is 9.57 Å². The van der Waals surface area contributed by atoms with E-state index in [1.165, 1.54) is 10.9 Å². The number of ketones is 1. The van der Waals surface area contributed by atoms with Gasteiger partial charge >= 0.3 is 5.97 Å². The molecule has 1 aromatic heterocycles. The molecule has 3 aromatic rings. The first-order chi connectivity index (χ1) is 11.7. The van der Waals surface area contributed by atoms with Crippen LogP contribution in [0.25, 0.3) is 10.9 Å². The van der Waals surface area contributed by atoms with Gasteiger partial charge in [0.05, 0.1) is 17.3 Å². The molecule has 0 atom stereocenters. The van der Waals surface area contributed by atoms with E-state index in [1.54, 1.807) is 25.1 Å². The Kier molecular flexibility index (Phi) is 4.61. The number of rotatable bonds is 6. The molecular formula is C19H17NO4. The molecule has 5 heteroatoms. The molecule has 24 heavy (non-hydrogen) atoms. The van der Waals surface area contributed by atoms with E-state index >= 15 is 0 Å². The maximum Gasteiger partial charge on any atom is 0.332 e. The van der Waals surface area contributed by atoms with Gasteiger partial charge in [0.25, 0.3) is 0 Å². The molecule has 0 fully saturated rings. The van der Waals surface area contributed by atoms with E-state index < -0.39 is 0 Å². The van der Waals surface area contributed by atoms with E-state index in [0.29, 0.717) is 16.8 Å². The van der Waals surface area contributed by atoms with E-state index in [9.17, 15) is 9.59 Å². The predicted octanol–water partition coefficient (Wildman–Crippen LogP) is 3.27. The maximum atomic E-state index is 12.5. The van der Waals surface area contributed by atoms with Crippen LogP contribution in [-0.2, 0) is 4.79 Å². The van der Waals surface area contributed by atoms with Crippen molar-refractivity contribution in [2.24, 2.45) is 0 Å². The molecule has 2 aromatic carbocycles. The molecule has 0 aliphatic carbocycles. The number of aromatic nitrogens is 1. The minimum Gasteiger partial charge on any atom is -0.485 e. The van der Waals surface area contributed by atoms with Gasteiger partial charge in [-0.25, -0.2) is 4.79 Å². The van der Waals surface area contributed by atoms with Crippen molar-refractivity contribution in [2.45, 2.75) is 13.3 Å². The lowest BCUT2D eigenvalue weighted by Gasteiger charge is -2.04. The van der Waals surface area contributed by atoms with Gasteiger partial charge in [0.1, 0.15) is 5.75 Å². The first-order valence-corrected chi connectivity index (χ1v) is 7.71. The molecule has 0 bridgehead atoms. The van der Waals surface area contributed by atoms with Crippen molar-refractivity contribution in [1.82, 2.24) is 4.73 Å². The van der Waals surface area contributed by atoms with Gasteiger partial charge in [0, 0.05) is 11.8 Å². The highest BCUT2D eigenvalue weighted by Gasteiger charge is 2.17. The second kappa shape index (κ2) is 7.00. The van der Waals surface area contributed by atoms with Crippen LogP contribution in [0.1, 0.15) is 23.7 Å². The summed E-state index contributed by atoms with van der Waals surface area (Å²) in [6.07, 6.45) is 1.79. The molecule has 5 nitrogen and oxygen atoms in total. The SMILES string of the molecule is CCC(=O)On1cc(C(=O)COc2ccccc2)c2ccccc21. The summed E-state index contributed by atoms with van der Waals surface area (Å²) in [4.78, 5) is 29.3. The summed E-state index contributed by atoms with van der Waals surface area (Å²) in [5.74, 6) is 0.0867. The lowest BCUT2D eigenvalue weighted by Crippen LogP contribution is -2.18. The Bertz CT molecular complexity index is 867. The monoisotopic (exact) mass is 323 g/mol. The molecule has 122 valence electrons. The highest BCUT2D eigenvalue weighted by molar-refractivity contribution is 6.08. The zero-order chi connectivity index (χ0) is 16.9. The zero-order valence-corrected chi connectivity index (χ0v) is 13.3. The Morgan fingerprint density at radius 2 is 1.71 bits per heavy atom. The van der Waals surface area contributed by atoms with Crippen molar-refractivity contribution < 1.29 is 19.2 Å². The van der Waals surface area contributed by atoms with Gasteiger partial charge in [-0.15, -0.1) is 0 Å². The standard InChI is InChI=1S/C19H17NO4/c1-2-19(22)24-20-12-16(15-10-6-7-11-17(15)20)18(21)13-23-14-8-4-3-5-9-14/h3-12H,2,13H2,1H3. The van der Waals surface area contributed by atoms with Crippen LogP contribution in [0, 0.1) is 0 Å². The van der Waals surface area contributed by atoms with Crippen LogP contribution in [0.4, 0.5) is 0 Å². The van der Waals surface area contributed by atoms with Crippen LogP contribution in [0.3, 0.4) is 0 Å². The summed E-state index contributed by atoms with van der Waals surface area (Å²) in [6.45, 7) is 1.63. The fourth-order valence-electron chi connectivity index (χ4n) is 2.37. The van der Waals surface area contributed by atoms with Gasteiger partial charge in [-0.05, 0) is 18.2 Å². The van der Waals surface area contributed by atoms with Crippen molar-refractivity contribution in [3.05, 3.63) is 66.4 Å². The summed E-state index contributed by atoms with van der Waals surface area (Å²) >= 11 is 0. The second-order valence-corrected chi connectivity index (χ2v) is 5.23. The molecule has 1 heterocycles. The summed E-state index contributed by atoms with van der Waals surface area (Å²) in [7, 11) is 0. The highest BCUT2D eigenvalue weighted by Crippen LogP contribution is 2.21. The number of para-hydroxylation sites is 2. The molecule has 0 unspecified atom stereocenters. The molecule has 0 radical (unpaired) electrons. The Morgan fingerprint density at radius 1 is 1.00 bits per heavy atom. The number of hydrogen-bond donors (Lipinski definition) is 0. The third-order valence-electron chi connectivity index (χ3n) is 3.58. The van der Waals surface area contributed by atoms with E-state index in [2.05, 4.69) is 0 Å². The molecule has 0 amide bonds. The van der Waals surface area contributed by atoms with Crippen molar-refractivity contribution in [3.63, 3.8) is 0 Å². The van der Waals surface area contributed by atoms with Crippen LogP contribution in [0.15, 0.2) is 60.8 Å². The number of hydrogen-bond acceptors (Lipinski definition) is 4. The average Bonchev–Trinajstić information content (AvgIpc) is 2.99. The second-order valence-electron chi connectivity index (χ2n) is 5.23. The lowest BCUT2D eigenvalue weighted by atomic mass is 10.1. The number of fused-ring (bicyclic) bond motifs is 1. The van der Waals surface area contributed by atoms with Crippen LogP contribution >= 0.6 is 0 Å². The smallest absolute Gasteiger partial charge is 0.332 e. The third-order valence-corrected chi connectivity index (χ3v) is 3.58. The number of Topliss-reactive ketones (excluding diaryl/α,β-unsaturated/α-hetero) is 1. The van der Waals surface area contributed by atoms with Gasteiger partial charge in [-0.1, -0.05) is 43.3 Å². The van der Waals surface area contributed by atoms with E-state index in [4.69, 9.17) is 9.57 Å². The summed E-state index contributed by atoms with van der Waals surface area (Å²) in [6, 6.07) is 16.4. The fraction of sp³-hybridized carbons (Fsp3) is 0.158. The number of ether oxygens (including phenoxy) is 1. The van der Waals surface area contributed by atoms with Gasteiger partial charge in [0.15, 0.2) is 6.61 Å². The predicted molar refractivity (Wildman–Crippen MR) is 90.1 cm³/mol. The lowest BCUT2D eigenvalue weighted by molar-refractivity contribution is -0.143. The van der Waals surface area contributed by atoms with Crippen molar-refractivity contribution >= 4 is 22.7 Å². The number of benzene rings is 2. The highest BCUT2D eigenvalue weighted by atomic mass is 16.7. The molecule has 0 spiro atoms. The molecule has 0 saturated carbocycles. The molecule has 0 aliphatic heterocycles. The first-order valence-electron chi connectivity index (χ1n) is 7.71. The van der Waals surface area contributed by atoms with Crippen molar-refractivity contribution in [3.8, 4) is 5.75 Å². The molecular weight excluding hydrogens is 306 g/mol. The fourth-order valence-corrected chi connectivity index (χ4v) is 2.37. The Labute approximate surface area is 139 Å². The van der Waals surface area contributed by atoms with Gasteiger partial charge in [-0.2, -0.15) is 4.73 Å². The Balaban J connectivity index is 1.85. The Morgan fingerprint density at radius 3 is 2.46 bits per heavy atom. The van der Waals surface area contributed by atoms with Crippen LogP contribution in [-0.4, -0.2) is 23.1 Å². The van der Waals surface area contributed by atoms with Gasteiger partial charge < -0.3 is 9.57 Å². The summed E-state index contributed by atoms with van der Waals surface area (Å²) in [5.41, 5.74) is 1.13. The maximum absolute atomic E-state index is 12.5. The average molecular weight is 323 g/mol. The molecule has 3 rings (SSSR count). The largest absolute Gasteiger partial charge is 0.485 e. The Hall–Kier alpha value is -3.08. The van der Waals surface area contributed by atoms with Crippen LogP contribution in [0.5, 0.6) is 5.75 Å². The third kappa shape index (κ3) is 3.30. The van der Waals surface area contributed by atoms with Crippen molar-refractivity contribution in [2.75, 3.05) is 6.61 Å². The normalized spacial score (nSPS) is 10.5. The minimum atomic E-state index is -0.365. The molecule has 0 saturated heterocycles. The minimum absolute atomic E-state index is 0.0836. The summed E-state index contributed by atoms with van der Waals surface area (Å²) < 4.78 is 6.86. The van der Waals surface area contributed by atoms with Gasteiger partial charge in [0.2, 0.25) is 5.78 Å².